The Balaban J connectivity index is 2.01. The van der Waals surface area contributed by atoms with Crippen LogP contribution in [0.15, 0.2) is 0 Å². The van der Waals surface area contributed by atoms with Gasteiger partial charge in [-0.1, -0.05) is 19.8 Å². The van der Waals surface area contributed by atoms with Gasteiger partial charge in [-0.25, -0.2) is 0 Å². The molecule has 3 rings (SSSR count). The Morgan fingerprint density at radius 1 is 1.16 bits per heavy atom. The Bertz CT molecular complexity index is 262. The first-order chi connectivity index (χ1) is 9.24. The summed E-state index contributed by atoms with van der Waals surface area (Å²) in [6, 6.07) is 0. The maximum Gasteiger partial charge on any atom is 0.186 e. The lowest BCUT2D eigenvalue weighted by molar-refractivity contribution is -0.284. The van der Waals surface area contributed by atoms with Gasteiger partial charge in [-0.15, -0.1) is 0 Å². The average molecular weight is 290 g/mol. The lowest BCUT2D eigenvalue weighted by atomic mass is 9.85. The van der Waals surface area contributed by atoms with Gasteiger partial charge in [-0.05, 0) is 25.0 Å². The van der Waals surface area contributed by atoms with E-state index in [9.17, 15) is 10.2 Å². The summed E-state index contributed by atoms with van der Waals surface area (Å²) in [5, 5.41) is 20.4. The largest absolute Gasteiger partial charge is 0.390 e. The SMILES string of the molecule is CCCSCC1O[C@H]2OCCCCCC1C(O)C2O. The normalized spacial score (nSPS) is 40.3. The van der Waals surface area contributed by atoms with E-state index in [4.69, 9.17) is 9.47 Å². The van der Waals surface area contributed by atoms with Crippen molar-refractivity contribution in [3.05, 3.63) is 0 Å². The molecule has 2 N–H and O–H groups in total. The van der Waals surface area contributed by atoms with Gasteiger partial charge >= 0.3 is 0 Å². The van der Waals surface area contributed by atoms with Crippen LogP contribution < -0.4 is 0 Å². The van der Waals surface area contributed by atoms with E-state index in [1.807, 2.05) is 11.8 Å². The molecule has 3 heterocycles. The first-order valence-corrected chi connectivity index (χ1v) is 8.60. The highest BCUT2D eigenvalue weighted by Crippen LogP contribution is 2.33. The Hall–Kier alpha value is 0.190. The summed E-state index contributed by atoms with van der Waals surface area (Å²) >= 11 is 1.86. The van der Waals surface area contributed by atoms with Crippen molar-refractivity contribution in [2.75, 3.05) is 18.1 Å². The second-order valence-corrected chi connectivity index (χ2v) is 6.63. The second-order valence-electron chi connectivity index (χ2n) is 5.48. The fourth-order valence-corrected chi connectivity index (χ4v) is 3.86. The van der Waals surface area contributed by atoms with Crippen molar-refractivity contribution in [1.29, 1.82) is 0 Å². The maximum absolute atomic E-state index is 10.3. The van der Waals surface area contributed by atoms with Gasteiger partial charge in [-0.3, -0.25) is 0 Å². The van der Waals surface area contributed by atoms with Crippen molar-refractivity contribution in [3.8, 4) is 0 Å². The number of fused-ring (bicyclic) bond motifs is 7. The molecule has 112 valence electrons. The van der Waals surface area contributed by atoms with Crippen molar-refractivity contribution < 1.29 is 19.7 Å². The third-order valence-corrected chi connectivity index (χ3v) is 5.21. The van der Waals surface area contributed by atoms with Crippen molar-refractivity contribution in [3.63, 3.8) is 0 Å². The lowest BCUT2D eigenvalue weighted by Gasteiger charge is -2.43. The minimum Gasteiger partial charge on any atom is -0.390 e. The van der Waals surface area contributed by atoms with Crippen LogP contribution in [0.2, 0.25) is 0 Å². The standard InChI is InChI=1S/C14H26O4S/c1-2-8-19-9-11-10-6-4-3-5-7-17-14(18-11)13(16)12(10)15/h10-16H,2-9H2,1H3/t10?,11?,12?,13?,14-/m1/s1. The van der Waals surface area contributed by atoms with Gasteiger partial charge in [0.2, 0.25) is 0 Å². The molecule has 19 heavy (non-hydrogen) atoms. The highest BCUT2D eigenvalue weighted by molar-refractivity contribution is 7.99. The molecule has 0 aromatic heterocycles. The lowest BCUT2D eigenvalue weighted by Crippen LogP contribution is -2.56. The van der Waals surface area contributed by atoms with Gasteiger partial charge in [0, 0.05) is 18.3 Å². The van der Waals surface area contributed by atoms with Crippen LogP contribution in [0.25, 0.3) is 0 Å². The van der Waals surface area contributed by atoms with E-state index in [2.05, 4.69) is 6.92 Å². The third-order valence-electron chi connectivity index (χ3n) is 3.95. The molecule has 0 amide bonds. The summed E-state index contributed by atoms with van der Waals surface area (Å²) in [6.07, 6.45) is 3.00. The number of aliphatic hydroxyl groups excluding tert-OH is 2. The molecule has 5 atom stereocenters. The van der Waals surface area contributed by atoms with Gasteiger partial charge in [-0.2, -0.15) is 11.8 Å². The molecule has 3 saturated heterocycles. The number of hydrogen-bond donors (Lipinski definition) is 2. The summed E-state index contributed by atoms with van der Waals surface area (Å²) in [4.78, 5) is 0. The smallest absolute Gasteiger partial charge is 0.186 e. The van der Waals surface area contributed by atoms with Crippen LogP contribution in [0.1, 0.15) is 39.0 Å². The third kappa shape index (κ3) is 4.08. The van der Waals surface area contributed by atoms with E-state index in [0.717, 1.165) is 43.6 Å². The molecule has 0 aliphatic carbocycles. The molecule has 2 bridgehead atoms. The van der Waals surface area contributed by atoms with Crippen LogP contribution in [0.5, 0.6) is 0 Å². The predicted molar refractivity (Wildman–Crippen MR) is 76.2 cm³/mol. The van der Waals surface area contributed by atoms with Crippen LogP contribution in [-0.2, 0) is 9.47 Å². The van der Waals surface area contributed by atoms with E-state index in [1.165, 1.54) is 0 Å². The minimum absolute atomic E-state index is 0.00181. The molecule has 4 unspecified atom stereocenters. The number of hydrogen-bond acceptors (Lipinski definition) is 5. The van der Waals surface area contributed by atoms with Crippen molar-refractivity contribution in [2.45, 2.75) is 63.6 Å². The van der Waals surface area contributed by atoms with E-state index < -0.39 is 18.5 Å². The predicted octanol–water partition coefficient (Wildman–Crippen LogP) is 1.78. The number of ether oxygens (including phenoxy) is 2. The van der Waals surface area contributed by atoms with Crippen molar-refractivity contribution in [2.24, 2.45) is 5.92 Å². The molecule has 3 fully saturated rings. The Kier molecular flexibility index (Phi) is 6.42. The minimum atomic E-state index is -0.907. The summed E-state index contributed by atoms with van der Waals surface area (Å²) in [7, 11) is 0. The van der Waals surface area contributed by atoms with Gasteiger partial charge < -0.3 is 19.7 Å². The van der Waals surface area contributed by atoms with Crippen LogP contribution in [0, 0.1) is 5.92 Å². The summed E-state index contributed by atoms with van der Waals surface area (Å²) in [5.41, 5.74) is 0. The number of thioether (sulfide) groups is 1. The molecule has 3 aliphatic heterocycles. The van der Waals surface area contributed by atoms with Gasteiger partial charge in [0.05, 0.1) is 12.2 Å². The average Bonchev–Trinajstić information content (AvgIpc) is 2.42. The van der Waals surface area contributed by atoms with E-state index in [1.54, 1.807) is 0 Å². The molecule has 0 aromatic rings. The highest BCUT2D eigenvalue weighted by atomic mass is 32.2. The van der Waals surface area contributed by atoms with E-state index in [0.29, 0.717) is 6.61 Å². The Labute approximate surface area is 119 Å². The van der Waals surface area contributed by atoms with Gasteiger partial charge in [0.1, 0.15) is 6.10 Å². The summed E-state index contributed by atoms with van der Waals surface area (Å²) in [6.45, 7) is 2.77. The molecule has 5 heteroatoms. The summed E-state index contributed by atoms with van der Waals surface area (Å²) in [5.74, 6) is 2.02. The molecule has 0 aromatic carbocycles. The fraction of sp³-hybridized carbons (Fsp3) is 1.00. The first kappa shape index (κ1) is 15.6. The monoisotopic (exact) mass is 290 g/mol. The maximum atomic E-state index is 10.3. The Morgan fingerprint density at radius 3 is 2.79 bits per heavy atom. The summed E-state index contributed by atoms with van der Waals surface area (Å²) < 4.78 is 11.5. The van der Waals surface area contributed by atoms with Crippen LogP contribution in [0.4, 0.5) is 0 Å². The van der Waals surface area contributed by atoms with Gasteiger partial charge in [0.15, 0.2) is 6.29 Å². The zero-order valence-corrected chi connectivity index (χ0v) is 12.5. The topological polar surface area (TPSA) is 58.9 Å². The quantitative estimate of drug-likeness (QED) is 0.773. The zero-order chi connectivity index (χ0) is 13.7. The van der Waals surface area contributed by atoms with Crippen LogP contribution in [-0.4, -0.2) is 52.9 Å². The molecule has 3 aliphatic rings. The van der Waals surface area contributed by atoms with Gasteiger partial charge in [0.25, 0.3) is 0 Å². The van der Waals surface area contributed by atoms with Crippen LogP contribution in [0.3, 0.4) is 0 Å². The number of aliphatic hydroxyl groups is 2. The Morgan fingerprint density at radius 2 is 2.00 bits per heavy atom. The fourth-order valence-electron chi connectivity index (χ4n) is 2.85. The van der Waals surface area contributed by atoms with Crippen molar-refractivity contribution >= 4 is 11.8 Å². The van der Waals surface area contributed by atoms with Crippen LogP contribution >= 0.6 is 11.8 Å². The molecule has 0 saturated carbocycles. The van der Waals surface area contributed by atoms with Crippen molar-refractivity contribution in [1.82, 2.24) is 0 Å². The molecule has 4 nitrogen and oxygen atoms in total. The molecule has 0 radical (unpaired) electrons. The number of rotatable bonds is 4. The molecular formula is C14H26O4S. The zero-order valence-electron chi connectivity index (χ0n) is 11.7. The van der Waals surface area contributed by atoms with E-state index >= 15 is 0 Å². The van der Waals surface area contributed by atoms with E-state index in [-0.39, 0.29) is 12.0 Å². The second kappa shape index (κ2) is 7.84. The first-order valence-electron chi connectivity index (χ1n) is 7.45. The molecular weight excluding hydrogens is 264 g/mol. The highest BCUT2D eigenvalue weighted by Gasteiger charge is 2.44. The molecule has 0 spiro atoms.